The van der Waals surface area contributed by atoms with Crippen LogP contribution in [-0.2, 0) is 11.5 Å². The van der Waals surface area contributed by atoms with Crippen molar-refractivity contribution >= 4 is 33.4 Å². The van der Waals surface area contributed by atoms with Crippen LogP contribution in [0.15, 0.2) is 58.2 Å². The molecule has 0 bridgehead atoms. The summed E-state index contributed by atoms with van der Waals surface area (Å²) in [5.41, 5.74) is 3.41. The molecule has 7 heteroatoms. The van der Waals surface area contributed by atoms with Crippen molar-refractivity contribution < 1.29 is 14.0 Å². The number of nitrogens with one attached hydrogen (secondary N) is 1. The van der Waals surface area contributed by atoms with Gasteiger partial charge in [-0.25, -0.2) is 9.18 Å². The minimum Gasteiger partial charge on any atom is -0.326 e. The number of anilines is 1. The maximum atomic E-state index is 13.1. The molecule has 1 unspecified atom stereocenters. The number of amides is 2. The fourth-order valence-electron chi connectivity index (χ4n) is 3.91. The van der Waals surface area contributed by atoms with Crippen LogP contribution < -0.4 is 10.2 Å². The Morgan fingerprint density at radius 1 is 1.21 bits per heavy atom. The third-order valence-electron chi connectivity index (χ3n) is 5.22. The fourth-order valence-corrected chi connectivity index (χ4v) is 4.51. The topological polar surface area (TPSA) is 73.2 Å². The second-order valence-corrected chi connectivity index (χ2v) is 7.86. The first-order chi connectivity index (χ1) is 14.0. The lowest BCUT2D eigenvalue weighted by Gasteiger charge is -2.39. The largest absolute Gasteiger partial charge is 0.327 e. The third kappa shape index (κ3) is 3.45. The van der Waals surface area contributed by atoms with Crippen molar-refractivity contribution in [1.29, 1.82) is 5.26 Å². The van der Waals surface area contributed by atoms with E-state index in [0.717, 1.165) is 5.56 Å². The van der Waals surface area contributed by atoms with E-state index in [0.29, 0.717) is 51.8 Å². The van der Waals surface area contributed by atoms with Gasteiger partial charge in [0.1, 0.15) is 6.67 Å². The Morgan fingerprint density at radius 3 is 2.76 bits per heavy atom. The zero-order valence-corrected chi connectivity index (χ0v) is 17.0. The lowest BCUT2D eigenvalue weighted by atomic mass is 9.84. The first kappa shape index (κ1) is 19.3. The number of carbonyl (C=O) groups excluding carboxylic acids is 2. The highest BCUT2D eigenvalue weighted by molar-refractivity contribution is 9.10. The summed E-state index contributed by atoms with van der Waals surface area (Å²) < 4.78 is 13.8. The summed E-state index contributed by atoms with van der Waals surface area (Å²) in [6.45, 7) is -0.630. The van der Waals surface area contributed by atoms with E-state index in [-0.39, 0.29) is 11.8 Å². The summed E-state index contributed by atoms with van der Waals surface area (Å²) in [7, 11) is 0. The molecule has 0 radical (unpaired) electrons. The first-order valence-electron chi connectivity index (χ1n) is 9.25. The molecule has 2 aromatic rings. The molecule has 1 N–H and O–H groups in total. The maximum absolute atomic E-state index is 13.1. The van der Waals surface area contributed by atoms with Crippen LogP contribution in [0.5, 0.6) is 0 Å². The SMILES string of the molecule is N#Cc1ccc(C2NC(=O)N(c3cccc(CF)c3)C3=C2C(=O)CCC3)c(Br)c1. The molecule has 0 spiro atoms. The highest BCUT2D eigenvalue weighted by Crippen LogP contribution is 2.41. The van der Waals surface area contributed by atoms with Crippen LogP contribution in [0.3, 0.4) is 0 Å². The molecular formula is C22H17BrFN3O2. The van der Waals surface area contributed by atoms with Crippen molar-refractivity contribution in [2.24, 2.45) is 0 Å². The predicted octanol–water partition coefficient (Wildman–Crippen LogP) is 5.07. The number of halogens is 2. The van der Waals surface area contributed by atoms with Gasteiger partial charge in [-0.3, -0.25) is 9.69 Å². The molecule has 0 fully saturated rings. The standard InChI is InChI=1S/C22H17BrFN3O2/c23-17-10-14(12-25)7-8-16(17)21-20-18(5-2-6-19(20)28)27(22(29)26-21)15-4-1-3-13(9-15)11-24/h1,3-4,7-10,21H,2,5-6,11H2,(H,26,29). The molecule has 146 valence electrons. The molecule has 2 aliphatic rings. The highest BCUT2D eigenvalue weighted by atomic mass is 79.9. The van der Waals surface area contributed by atoms with Crippen LogP contribution in [-0.4, -0.2) is 11.8 Å². The Bertz CT molecular complexity index is 1090. The van der Waals surface area contributed by atoms with Gasteiger partial charge in [0.05, 0.1) is 23.4 Å². The van der Waals surface area contributed by atoms with Crippen LogP contribution in [0.4, 0.5) is 14.9 Å². The number of carbonyl (C=O) groups is 2. The molecule has 0 aromatic heterocycles. The Balaban J connectivity index is 1.86. The molecule has 1 aliphatic heterocycles. The van der Waals surface area contributed by atoms with Crippen molar-refractivity contribution in [2.75, 3.05) is 4.90 Å². The van der Waals surface area contributed by atoms with Gasteiger partial charge in [0.2, 0.25) is 0 Å². The Kier molecular flexibility index (Phi) is 5.20. The van der Waals surface area contributed by atoms with Gasteiger partial charge in [-0.05, 0) is 48.2 Å². The molecule has 1 aliphatic carbocycles. The smallest absolute Gasteiger partial charge is 0.326 e. The summed E-state index contributed by atoms with van der Waals surface area (Å²) in [6, 6.07) is 12.9. The van der Waals surface area contributed by atoms with Gasteiger partial charge >= 0.3 is 6.03 Å². The fraction of sp³-hybridized carbons (Fsp3) is 0.227. The van der Waals surface area contributed by atoms with E-state index in [4.69, 9.17) is 5.26 Å². The summed E-state index contributed by atoms with van der Waals surface area (Å²) >= 11 is 3.47. The lowest BCUT2D eigenvalue weighted by molar-refractivity contribution is -0.116. The molecule has 0 saturated heterocycles. The van der Waals surface area contributed by atoms with E-state index in [9.17, 15) is 14.0 Å². The molecule has 2 aromatic carbocycles. The van der Waals surface area contributed by atoms with E-state index >= 15 is 0 Å². The maximum Gasteiger partial charge on any atom is 0.327 e. The zero-order chi connectivity index (χ0) is 20.5. The van der Waals surface area contributed by atoms with Gasteiger partial charge in [-0.15, -0.1) is 0 Å². The number of nitrogens with zero attached hydrogens (tertiary/aromatic N) is 2. The number of nitriles is 1. The van der Waals surface area contributed by atoms with Crippen molar-refractivity contribution in [2.45, 2.75) is 32.0 Å². The molecule has 0 saturated carbocycles. The Morgan fingerprint density at radius 2 is 2.03 bits per heavy atom. The average Bonchev–Trinajstić information content (AvgIpc) is 2.73. The van der Waals surface area contributed by atoms with Crippen molar-refractivity contribution in [3.63, 3.8) is 0 Å². The normalized spacial score (nSPS) is 18.9. The molecule has 29 heavy (non-hydrogen) atoms. The van der Waals surface area contributed by atoms with E-state index in [2.05, 4.69) is 27.3 Å². The van der Waals surface area contributed by atoms with Crippen LogP contribution in [0.2, 0.25) is 0 Å². The minimum absolute atomic E-state index is 0.0147. The molecule has 2 amide bonds. The average molecular weight is 454 g/mol. The van der Waals surface area contributed by atoms with Crippen LogP contribution in [0.25, 0.3) is 0 Å². The summed E-state index contributed by atoms with van der Waals surface area (Å²) in [6.07, 6.45) is 1.65. The van der Waals surface area contributed by atoms with E-state index in [1.165, 1.54) is 4.90 Å². The van der Waals surface area contributed by atoms with Crippen molar-refractivity contribution in [3.8, 4) is 6.07 Å². The van der Waals surface area contributed by atoms with Crippen LogP contribution in [0, 0.1) is 11.3 Å². The number of urea groups is 1. The van der Waals surface area contributed by atoms with Crippen LogP contribution >= 0.6 is 15.9 Å². The second kappa shape index (κ2) is 7.80. The first-order valence-corrected chi connectivity index (χ1v) is 10.0. The van der Waals surface area contributed by atoms with Gasteiger partial charge in [0.15, 0.2) is 5.78 Å². The Hall–Kier alpha value is -2.98. The lowest BCUT2D eigenvalue weighted by Crippen LogP contribution is -2.49. The zero-order valence-electron chi connectivity index (χ0n) is 15.4. The van der Waals surface area contributed by atoms with Crippen molar-refractivity contribution in [1.82, 2.24) is 5.32 Å². The number of hydrogen-bond acceptors (Lipinski definition) is 3. The summed E-state index contributed by atoms with van der Waals surface area (Å²) in [5, 5.41) is 12.0. The van der Waals surface area contributed by atoms with E-state index < -0.39 is 12.7 Å². The molecule has 4 rings (SSSR count). The monoisotopic (exact) mass is 453 g/mol. The summed E-state index contributed by atoms with van der Waals surface area (Å²) in [4.78, 5) is 27.5. The van der Waals surface area contributed by atoms with Crippen molar-refractivity contribution in [3.05, 3.63) is 74.9 Å². The molecule has 5 nitrogen and oxygen atoms in total. The molecule has 1 atom stereocenters. The highest BCUT2D eigenvalue weighted by Gasteiger charge is 2.40. The number of Topliss-reactive ketones (excluding diaryl/α,β-unsaturated/α-hetero) is 1. The second-order valence-electron chi connectivity index (χ2n) is 7.01. The number of allylic oxidation sites excluding steroid dienone is 1. The Labute approximate surface area is 175 Å². The number of benzene rings is 2. The number of hydrogen-bond donors (Lipinski definition) is 1. The van der Waals surface area contributed by atoms with Crippen LogP contribution in [0.1, 0.15) is 42.0 Å². The number of rotatable bonds is 3. The quantitative estimate of drug-likeness (QED) is 0.704. The number of ketones is 1. The van der Waals surface area contributed by atoms with E-state index in [1.807, 2.05) is 0 Å². The van der Waals surface area contributed by atoms with E-state index in [1.54, 1.807) is 42.5 Å². The molecular weight excluding hydrogens is 437 g/mol. The summed E-state index contributed by atoms with van der Waals surface area (Å²) in [5.74, 6) is -0.0147. The molecule has 1 heterocycles. The van der Waals surface area contributed by atoms with Gasteiger partial charge in [-0.1, -0.05) is 34.1 Å². The van der Waals surface area contributed by atoms with Gasteiger partial charge < -0.3 is 5.32 Å². The minimum atomic E-state index is -0.630. The van der Waals surface area contributed by atoms with Gasteiger partial charge in [0.25, 0.3) is 0 Å². The predicted molar refractivity (Wildman–Crippen MR) is 110 cm³/mol. The number of alkyl halides is 1. The van der Waals surface area contributed by atoms with Gasteiger partial charge in [-0.2, -0.15) is 5.26 Å². The third-order valence-corrected chi connectivity index (χ3v) is 5.91. The van der Waals surface area contributed by atoms with Gasteiger partial charge in [0, 0.05) is 22.2 Å².